The largest absolute Gasteiger partial charge is 0.440 e. The number of nitrogens with zero attached hydrogens (tertiary/aromatic N) is 1. The van der Waals surface area contributed by atoms with Gasteiger partial charge in [0.1, 0.15) is 12.1 Å². The Bertz CT molecular complexity index is 472. The Morgan fingerprint density at radius 2 is 2.11 bits per heavy atom. The molecule has 1 aromatic carbocycles. The minimum atomic E-state index is -0.247. The van der Waals surface area contributed by atoms with Crippen molar-refractivity contribution in [2.24, 2.45) is 5.73 Å². The fourth-order valence-corrected chi connectivity index (χ4v) is 2.76. The number of halogens is 1. The van der Waals surface area contributed by atoms with E-state index in [1.54, 1.807) is 18.3 Å². The topological polar surface area (TPSA) is 52.0 Å². The van der Waals surface area contributed by atoms with Gasteiger partial charge < -0.3 is 10.2 Å². The Morgan fingerprint density at radius 1 is 1.39 bits per heavy atom. The molecule has 0 aliphatic rings. The molecule has 0 aliphatic carbocycles. The third-order valence-corrected chi connectivity index (χ3v) is 3.98. The zero-order valence-corrected chi connectivity index (χ0v) is 10.9. The molecule has 5 heteroatoms. The van der Waals surface area contributed by atoms with E-state index in [-0.39, 0.29) is 17.1 Å². The monoisotopic (exact) mass is 266 g/mol. The summed E-state index contributed by atoms with van der Waals surface area (Å²) < 4.78 is 18.2. The van der Waals surface area contributed by atoms with Gasteiger partial charge in [-0.25, -0.2) is 9.37 Å². The van der Waals surface area contributed by atoms with Crippen LogP contribution in [0.3, 0.4) is 0 Å². The van der Waals surface area contributed by atoms with Crippen LogP contribution in [0.25, 0.3) is 0 Å². The highest BCUT2D eigenvalue weighted by Crippen LogP contribution is 2.37. The SMILES string of the molecule is CCC(N)C(Sc1ncco1)c1ccc(F)cc1. The van der Waals surface area contributed by atoms with Gasteiger partial charge in [0.05, 0.1) is 11.4 Å². The minimum absolute atomic E-state index is 0.00856. The number of benzene rings is 1. The summed E-state index contributed by atoms with van der Waals surface area (Å²) in [5.74, 6) is -0.247. The van der Waals surface area contributed by atoms with E-state index in [1.165, 1.54) is 30.2 Å². The summed E-state index contributed by atoms with van der Waals surface area (Å²) in [4.78, 5) is 4.08. The summed E-state index contributed by atoms with van der Waals surface area (Å²) in [6.45, 7) is 2.03. The van der Waals surface area contributed by atoms with Gasteiger partial charge in [0.15, 0.2) is 0 Å². The van der Waals surface area contributed by atoms with Gasteiger partial charge in [-0.2, -0.15) is 0 Å². The molecule has 2 N–H and O–H groups in total. The van der Waals surface area contributed by atoms with E-state index in [2.05, 4.69) is 4.98 Å². The summed E-state index contributed by atoms with van der Waals surface area (Å²) in [6, 6.07) is 6.37. The van der Waals surface area contributed by atoms with E-state index in [9.17, 15) is 4.39 Å². The van der Waals surface area contributed by atoms with E-state index in [1.807, 2.05) is 6.92 Å². The molecule has 1 aromatic heterocycles. The second kappa shape index (κ2) is 6.02. The molecular weight excluding hydrogens is 251 g/mol. The van der Waals surface area contributed by atoms with E-state index in [0.717, 1.165) is 12.0 Å². The van der Waals surface area contributed by atoms with Crippen LogP contribution >= 0.6 is 11.8 Å². The zero-order chi connectivity index (χ0) is 13.0. The molecule has 0 radical (unpaired) electrons. The second-order valence-corrected chi connectivity index (χ2v) is 5.05. The van der Waals surface area contributed by atoms with Crippen molar-refractivity contribution in [3.8, 4) is 0 Å². The number of aromatic nitrogens is 1. The van der Waals surface area contributed by atoms with E-state index >= 15 is 0 Å². The molecule has 0 saturated carbocycles. The maximum atomic E-state index is 12.9. The minimum Gasteiger partial charge on any atom is -0.440 e. The average molecular weight is 266 g/mol. The third kappa shape index (κ3) is 3.11. The summed E-state index contributed by atoms with van der Waals surface area (Å²) >= 11 is 1.46. The second-order valence-electron chi connectivity index (χ2n) is 3.96. The standard InChI is InChI=1S/C13H15FN2OS/c1-2-11(15)12(18-13-16-7-8-17-13)9-3-5-10(14)6-4-9/h3-8,11-12H,2,15H2,1H3. The van der Waals surface area contributed by atoms with Gasteiger partial charge in [-0.05, 0) is 24.1 Å². The van der Waals surface area contributed by atoms with Crippen molar-refractivity contribution in [3.63, 3.8) is 0 Å². The van der Waals surface area contributed by atoms with Gasteiger partial charge in [-0.3, -0.25) is 0 Å². The molecule has 0 amide bonds. The molecule has 2 aromatic rings. The Morgan fingerprint density at radius 3 is 2.67 bits per heavy atom. The number of oxazole rings is 1. The zero-order valence-electron chi connectivity index (χ0n) is 10.0. The van der Waals surface area contributed by atoms with Gasteiger partial charge in [0, 0.05) is 6.04 Å². The molecule has 96 valence electrons. The van der Waals surface area contributed by atoms with Crippen LogP contribution in [0.5, 0.6) is 0 Å². The molecular formula is C13H15FN2OS. The van der Waals surface area contributed by atoms with E-state index in [0.29, 0.717) is 5.22 Å². The van der Waals surface area contributed by atoms with Crippen LogP contribution in [-0.2, 0) is 0 Å². The molecule has 2 rings (SSSR count). The van der Waals surface area contributed by atoms with Gasteiger partial charge in [0.2, 0.25) is 0 Å². The fraction of sp³-hybridized carbons (Fsp3) is 0.308. The summed E-state index contributed by atoms with van der Waals surface area (Å²) in [5.41, 5.74) is 7.10. The van der Waals surface area contributed by atoms with E-state index in [4.69, 9.17) is 10.2 Å². The van der Waals surface area contributed by atoms with Gasteiger partial charge in [-0.15, -0.1) is 0 Å². The number of rotatable bonds is 5. The third-order valence-electron chi connectivity index (χ3n) is 2.70. The highest BCUT2D eigenvalue weighted by atomic mass is 32.2. The first-order chi connectivity index (χ1) is 8.70. The van der Waals surface area contributed by atoms with Gasteiger partial charge in [-0.1, -0.05) is 30.8 Å². The van der Waals surface area contributed by atoms with Crippen molar-refractivity contribution in [1.29, 1.82) is 0 Å². The molecule has 0 spiro atoms. The first-order valence-corrected chi connectivity index (χ1v) is 6.66. The Balaban J connectivity index is 2.22. The normalized spacial score (nSPS) is 14.4. The number of hydrogen-bond donors (Lipinski definition) is 1. The number of thioether (sulfide) groups is 1. The van der Waals surface area contributed by atoms with Crippen LogP contribution in [0, 0.1) is 5.82 Å². The van der Waals surface area contributed by atoms with Crippen LogP contribution in [0.1, 0.15) is 24.2 Å². The molecule has 3 nitrogen and oxygen atoms in total. The lowest BCUT2D eigenvalue weighted by Crippen LogP contribution is -2.25. The molecule has 18 heavy (non-hydrogen) atoms. The molecule has 2 atom stereocenters. The van der Waals surface area contributed by atoms with Crippen molar-refractivity contribution >= 4 is 11.8 Å². The van der Waals surface area contributed by atoms with Crippen LogP contribution in [-0.4, -0.2) is 11.0 Å². The van der Waals surface area contributed by atoms with Crippen LogP contribution in [0.15, 0.2) is 46.4 Å². The van der Waals surface area contributed by atoms with Crippen LogP contribution in [0.2, 0.25) is 0 Å². The lowest BCUT2D eigenvalue weighted by molar-refractivity contribution is 0.451. The fourth-order valence-electron chi connectivity index (χ4n) is 1.65. The average Bonchev–Trinajstić information content (AvgIpc) is 2.89. The molecule has 0 saturated heterocycles. The van der Waals surface area contributed by atoms with Crippen molar-refractivity contribution in [2.45, 2.75) is 29.9 Å². The van der Waals surface area contributed by atoms with Crippen molar-refractivity contribution in [1.82, 2.24) is 4.98 Å². The van der Waals surface area contributed by atoms with Gasteiger partial charge >= 0.3 is 0 Å². The Hall–Kier alpha value is -1.33. The lowest BCUT2D eigenvalue weighted by atomic mass is 10.0. The Labute approximate surface area is 110 Å². The van der Waals surface area contributed by atoms with Crippen molar-refractivity contribution in [2.75, 3.05) is 0 Å². The highest BCUT2D eigenvalue weighted by Gasteiger charge is 2.21. The first-order valence-electron chi connectivity index (χ1n) is 5.78. The Kier molecular flexibility index (Phi) is 4.38. The summed E-state index contributed by atoms with van der Waals surface area (Å²) in [7, 11) is 0. The molecule has 2 unspecified atom stereocenters. The quantitative estimate of drug-likeness (QED) is 0.843. The van der Waals surface area contributed by atoms with Crippen LogP contribution < -0.4 is 5.73 Å². The number of hydrogen-bond acceptors (Lipinski definition) is 4. The maximum Gasteiger partial charge on any atom is 0.256 e. The van der Waals surface area contributed by atoms with Gasteiger partial charge in [0.25, 0.3) is 5.22 Å². The molecule has 0 fully saturated rings. The first kappa shape index (κ1) is 13.1. The molecule has 0 aliphatic heterocycles. The van der Waals surface area contributed by atoms with Crippen molar-refractivity contribution in [3.05, 3.63) is 48.1 Å². The van der Waals surface area contributed by atoms with Crippen LogP contribution in [0.4, 0.5) is 4.39 Å². The predicted molar refractivity (Wildman–Crippen MR) is 69.8 cm³/mol. The smallest absolute Gasteiger partial charge is 0.256 e. The summed E-state index contributed by atoms with van der Waals surface area (Å²) in [5, 5.41) is 0.586. The highest BCUT2D eigenvalue weighted by molar-refractivity contribution is 7.99. The number of nitrogens with two attached hydrogens (primary N) is 1. The molecule has 1 heterocycles. The lowest BCUT2D eigenvalue weighted by Gasteiger charge is -2.21. The van der Waals surface area contributed by atoms with Crippen molar-refractivity contribution < 1.29 is 8.81 Å². The maximum absolute atomic E-state index is 12.9. The predicted octanol–water partition coefficient (Wildman–Crippen LogP) is 3.38. The van der Waals surface area contributed by atoms with E-state index < -0.39 is 0 Å². The molecule has 0 bridgehead atoms. The summed E-state index contributed by atoms with van der Waals surface area (Å²) in [6.07, 6.45) is 3.96.